The maximum absolute atomic E-state index is 5.88. The standard InChI is InChI=1S/C10H17N3O2/c1-2-9-12-10(15-13-9)6-14-8-5-3-4-7(8)11/h7-8H,2-6,11H2,1H3. The SMILES string of the molecule is CCc1noc(COC2CCCC2N)n1. The Balaban J connectivity index is 1.82. The number of nitrogens with two attached hydrogens (primary N) is 1. The predicted octanol–water partition coefficient (Wildman–Crippen LogP) is 1.03. The highest BCUT2D eigenvalue weighted by molar-refractivity contribution is 4.85. The molecular formula is C10H17N3O2. The fourth-order valence-corrected chi connectivity index (χ4v) is 1.83. The lowest BCUT2D eigenvalue weighted by molar-refractivity contribution is 0.0216. The van der Waals surface area contributed by atoms with E-state index < -0.39 is 0 Å². The third-order valence-electron chi connectivity index (χ3n) is 2.75. The maximum atomic E-state index is 5.88. The molecule has 0 aromatic carbocycles. The van der Waals surface area contributed by atoms with Gasteiger partial charge in [-0.3, -0.25) is 0 Å². The molecule has 1 aromatic rings. The van der Waals surface area contributed by atoms with Crippen molar-refractivity contribution in [3.8, 4) is 0 Å². The Bertz CT molecular complexity index is 313. The molecule has 2 N–H and O–H groups in total. The van der Waals surface area contributed by atoms with Gasteiger partial charge in [0.1, 0.15) is 6.61 Å². The Morgan fingerprint density at radius 1 is 1.53 bits per heavy atom. The first-order valence-electron chi connectivity index (χ1n) is 5.48. The minimum Gasteiger partial charge on any atom is -0.367 e. The van der Waals surface area contributed by atoms with Crippen molar-refractivity contribution in [1.29, 1.82) is 0 Å². The Labute approximate surface area is 89.0 Å². The molecule has 0 spiro atoms. The van der Waals surface area contributed by atoms with Crippen LogP contribution in [0, 0.1) is 0 Å². The number of hydrogen-bond acceptors (Lipinski definition) is 5. The summed E-state index contributed by atoms with van der Waals surface area (Å²) in [5, 5.41) is 3.80. The molecule has 0 bridgehead atoms. The van der Waals surface area contributed by atoms with Crippen LogP contribution in [0.15, 0.2) is 4.52 Å². The first-order chi connectivity index (χ1) is 7.29. The van der Waals surface area contributed by atoms with Crippen LogP contribution in [-0.2, 0) is 17.8 Å². The van der Waals surface area contributed by atoms with Crippen molar-refractivity contribution in [2.24, 2.45) is 5.73 Å². The quantitative estimate of drug-likeness (QED) is 0.805. The van der Waals surface area contributed by atoms with E-state index in [0.717, 1.165) is 31.5 Å². The van der Waals surface area contributed by atoms with Gasteiger partial charge >= 0.3 is 0 Å². The summed E-state index contributed by atoms with van der Waals surface area (Å²) in [5.41, 5.74) is 5.88. The number of aromatic nitrogens is 2. The lowest BCUT2D eigenvalue weighted by Gasteiger charge is -2.14. The molecular weight excluding hydrogens is 194 g/mol. The van der Waals surface area contributed by atoms with Crippen LogP contribution in [0.5, 0.6) is 0 Å². The third kappa shape index (κ3) is 2.54. The van der Waals surface area contributed by atoms with E-state index in [1.807, 2.05) is 6.92 Å². The van der Waals surface area contributed by atoms with Gasteiger partial charge in [-0.25, -0.2) is 0 Å². The Morgan fingerprint density at radius 2 is 2.40 bits per heavy atom. The van der Waals surface area contributed by atoms with E-state index in [2.05, 4.69) is 10.1 Å². The van der Waals surface area contributed by atoms with Gasteiger partial charge in [-0.1, -0.05) is 12.1 Å². The van der Waals surface area contributed by atoms with Crippen LogP contribution in [0.25, 0.3) is 0 Å². The lowest BCUT2D eigenvalue weighted by Crippen LogP contribution is -2.31. The Hall–Kier alpha value is -0.940. The van der Waals surface area contributed by atoms with Gasteiger partial charge in [0.05, 0.1) is 6.10 Å². The summed E-state index contributed by atoms with van der Waals surface area (Å²) >= 11 is 0. The lowest BCUT2D eigenvalue weighted by atomic mass is 10.2. The fraction of sp³-hybridized carbons (Fsp3) is 0.800. The molecule has 1 saturated carbocycles. The van der Waals surface area contributed by atoms with Crippen LogP contribution in [0.1, 0.15) is 37.9 Å². The molecule has 2 unspecified atom stereocenters. The molecule has 2 atom stereocenters. The van der Waals surface area contributed by atoms with Gasteiger partial charge in [0, 0.05) is 12.5 Å². The van der Waals surface area contributed by atoms with Crippen molar-refractivity contribution in [3.63, 3.8) is 0 Å². The Kier molecular flexibility index (Phi) is 3.33. The van der Waals surface area contributed by atoms with E-state index in [0.29, 0.717) is 12.5 Å². The molecule has 1 heterocycles. The molecule has 84 valence electrons. The molecule has 0 amide bonds. The monoisotopic (exact) mass is 211 g/mol. The minimum atomic E-state index is 0.155. The number of rotatable bonds is 4. The molecule has 5 heteroatoms. The van der Waals surface area contributed by atoms with Gasteiger partial charge in [-0.05, 0) is 19.3 Å². The van der Waals surface area contributed by atoms with Crippen LogP contribution in [-0.4, -0.2) is 22.3 Å². The third-order valence-corrected chi connectivity index (χ3v) is 2.75. The van der Waals surface area contributed by atoms with Gasteiger partial charge < -0.3 is 15.0 Å². The second-order valence-corrected chi connectivity index (χ2v) is 3.90. The highest BCUT2D eigenvalue weighted by Gasteiger charge is 2.25. The summed E-state index contributed by atoms with van der Waals surface area (Å²) in [6, 6.07) is 0.165. The highest BCUT2D eigenvalue weighted by atomic mass is 16.5. The first kappa shape index (κ1) is 10.6. The van der Waals surface area contributed by atoms with Crippen molar-refractivity contribution in [2.45, 2.75) is 51.4 Å². The van der Waals surface area contributed by atoms with Crippen LogP contribution < -0.4 is 5.73 Å². The topological polar surface area (TPSA) is 74.2 Å². The van der Waals surface area contributed by atoms with E-state index in [4.69, 9.17) is 15.0 Å². The van der Waals surface area contributed by atoms with E-state index in [-0.39, 0.29) is 12.1 Å². The van der Waals surface area contributed by atoms with E-state index in [9.17, 15) is 0 Å². The van der Waals surface area contributed by atoms with Crippen molar-refractivity contribution in [2.75, 3.05) is 0 Å². The first-order valence-corrected chi connectivity index (χ1v) is 5.48. The molecule has 1 aromatic heterocycles. The molecule has 1 fully saturated rings. The van der Waals surface area contributed by atoms with E-state index in [1.165, 1.54) is 0 Å². The smallest absolute Gasteiger partial charge is 0.252 e. The van der Waals surface area contributed by atoms with Crippen LogP contribution in [0.4, 0.5) is 0 Å². The van der Waals surface area contributed by atoms with Crippen molar-refractivity contribution in [3.05, 3.63) is 11.7 Å². The normalized spacial score (nSPS) is 26.0. The van der Waals surface area contributed by atoms with E-state index in [1.54, 1.807) is 0 Å². The minimum absolute atomic E-state index is 0.155. The molecule has 0 saturated heterocycles. The summed E-state index contributed by atoms with van der Waals surface area (Å²) in [7, 11) is 0. The largest absolute Gasteiger partial charge is 0.367 e. The van der Waals surface area contributed by atoms with Crippen molar-refractivity contribution < 1.29 is 9.26 Å². The molecule has 5 nitrogen and oxygen atoms in total. The summed E-state index contributed by atoms with van der Waals surface area (Å²) < 4.78 is 10.7. The Morgan fingerprint density at radius 3 is 3.00 bits per heavy atom. The van der Waals surface area contributed by atoms with Crippen LogP contribution in [0.3, 0.4) is 0 Å². The summed E-state index contributed by atoms with van der Waals surface area (Å²) in [6.45, 7) is 2.37. The molecule has 2 rings (SSSR count). The molecule has 1 aliphatic carbocycles. The number of aryl methyl sites for hydroxylation is 1. The molecule has 0 aliphatic heterocycles. The molecule has 1 aliphatic rings. The van der Waals surface area contributed by atoms with Gasteiger partial charge in [-0.15, -0.1) is 0 Å². The fourth-order valence-electron chi connectivity index (χ4n) is 1.83. The average Bonchev–Trinajstić information content (AvgIpc) is 2.84. The zero-order chi connectivity index (χ0) is 10.7. The maximum Gasteiger partial charge on any atom is 0.252 e. The van der Waals surface area contributed by atoms with Crippen molar-refractivity contribution >= 4 is 0 Å². The highest BCUT2D eigenvalue weighted by Crippen LogP contribution is 2.21. The summed E-state index contributed by atoms with van der Waals surface area (Å²) in [6.07, 6.45) is 4.18. The van der Waals surface area contributed by atoms with Crippen LogP contribution in [0.2, 0.25) is 0 Å². The predicted molar refractivity (Wildman–Crippen MR) is 54.1 cm³/mol. The van der Waals surface area contributed by atoms with Crippen molar-refractivity contribution in [1.82, 2.24) is 10.1 Å². The number of nitrogens with zero attached hydrogens (tertiary/aromatic N) is 2. The second kappa shape index (κ2) is 4.72. The summed E-state index contributed by atoms with van der Waals surface area (Å²) in [4.78, 5) is 4.17. The molecule has 0 radical (unpaired) electrons. The second-order valence-electron chi connectivity index (χ2n) is 3.90. The van der Waals surface area contributed by atoms with Gasteiger partial charge in [-0.2, -0.15) is 4.98 Å². The van der Waals surface area contributed by atoms with Crippen LogP contribution >= 0.6 is 0 Å². The zero-order valence-electron chi connectivity index (χ0n) is 8.98. The van der Waals surface area contributed by atoms with E-state index >= 15 is 0 Å². The molecule has 15 heavy (non-hydrogen) atoms. The zero-order valence-corrected chi connectivity index (χ0v) is 8.98. The van der Waals surface area contributed by atoms with Gasteiger partial charge in [0.2, 0.25) is 0 Å². The summed E-state index contributed by atoms with van der Waals surface area (Å²) in [5.74, 6) is 1.27. The number of ether oxygens (including phenoxy) is 1. The van der Waals surface area contributed by atoms with Gasteiger partial charge in [0.15, 0.2) is 5.82 Å². The number of hydrogen-bond donors (Lipinski definition) is 1. The van der Waals surface area contributed by atoms with Gasteiger partial charge in [0.25, 0.3) is 5.89 Å². The average molecular weight is 211 g/mol.